The Morgan fingerprint density at radius 1 is 1.18 bits per heavy atom. The molecule has 1 aliphatic heterocycles. The zero-order valence-electron chi connectivity index (χ0n) is 24.0. The molecule has 214 valence electrons. The SMILES string of the molecule is CCOC(=O)n1nc2c(c1NC(=O)C1([Si](C)(C)C)CCC1)CN(C(=O)Nc1c(F)ccc3cc(C)oc13)C2(C)C. The molecule has 12 heteroatoms. The topological polar surface area (TPSA) is 119 Å². The molecular weight excluding hydrogens is 533 g/mol. The molecule has 0 radical (unpaired) electrons. The van der Waals surface area contributed by atoms with E-state index in [0.29, 0.717) is 22.4 Å². The Kier molecular flexibility index (Phi) is 6.59. The van der Waals surface area contributed by atoms with E-state index in [1.807, 2.05) is 0 Å². The van der Waals surface area contributed by atoms with E-state index in [-0.39, 0.29) is 36.1 Å². The molecule has 1 aliphatic carbocycles. The molecule has 2 aliphatic rings. The Hall–Kier alpha value is -3.67. The number of urea groups is 1. The average molecular weight is 570 g/mol. The van der Waals surface area contributed by atoms with Crippen LogP contribution < -0.4 is 10.6 Å². The molecule has 2 N–H and O–H groups in total. The quantitative estimate of drug-likeness (QED) is 0.336. The number of aromatic nitrogens is 2. The molecule has 10 nitrogen and oxygen atoms in total. The Labute approximate surface area is 233 Å². The van der Waals surface area contributed by atoms with E-state index in [4.69, 9.17) is 9.15 Å². The van der Waals surface area contributed by atoms with Crippen LogP contribution in [0.3, 0.4) is 0 Å². The highest BCUT2D eigenvalue weighted by Crippen LogP contribution is 2.56. The molecule has 40 heavy (non-hydrogen) atoms. The Morgan fingerprint density at radius 3 is 2.48 bits per heavy atom. The minimum Gasteiger partial charge on any atom is -0.459 e. The Bertz CT molecular complexity index is 1530. The third-order valence-electron chi connectivity index (χ3n) is 8.54. The molecule has 2 aromatic heterocycles. The van der Waals surface area contributed by atoms with Gasteiger partial charge in [-0.2, -0.15) is 5.10 Å². The van der Waals surface area contributed by atoms with Crippen molar-refractivity contribution in [3.63, 3.8) is 0 Å². The van der Waals surface area contributed by atoms with Gasteiger partial charge in [0, 0.05) is 16.0 Å². The maximum atomic E-state index is 14.8. The van der Waals surface area contributed by atoms with Crippen LogP contribution in [0, 0.1) is 12.7 Å². The molecule has 0 bridgehead atoms. The number of carbonyl (C=O) groups is 3. The zero-order chi connectivity index (χ0) is 29.2. The van der Waals surface area contributed by atoms with Gasteiger partial charge in [-0.3, -0.25) is 4.79 Å². The second kappa shape index (κ2) is 9.46. The fourth-order valence-corrected chi connectivity index (χ4v) is 8.52. The molecule has 0 unspecified atom stereocenters. The number of amides is 3. The standard InChI is InChI=1S/C28H36FN5O5Si/c1-8-38-26(37)34-23(31-24(35)28(12-9-13-28)40(5,6)7)18-15-33(27(3,4)22(18)32-34)25(36)30-20-19(29)11-10-17-14-16(2)39-21(17)20/h10-11,14H,8-9,12-13,15H2,1-7H3,(H,30,36)(H,31,35). The van der Waals surface area contributed by atoms with Gasteiger partial charge in [-0.05, 0) is 58.7 Å². The second-order valence-electron chi connectivity index (χ2n) is 12.2. The maximum absolute atomic E-state index is 14.8. The van der Waals surface area contributed by atoms with Gasteiger partial charge in [0.2, 0.25) is 5.91 Å². The van der Waals surface area contributed by atoms with Crippen molar-refractivity contribution in [1.29, 1.82) is 0 Å². The highest BCUT2D eigenvalue weighted by Gasteiger charge is 2.54. The van der Waals surface area contributed by atoms with Crippen molar-refractivity contribution in [2.75, 3.05) is 17.2 Å². The van der Waals surface area contributed by atoms with Crippen molar-refractivity contribution in [1.82, 2.24) is 14.7 Å². The molecular formula is C28H36FN5O5Si. The molecule has 1 saturated carbocycles. The molecule has 1 aromatic carbocycles. The van der Waals surface area contributed by atoms with E-state index in [1.165, 1.54) is 11.0 Å². The van der Waals surface area contributed by atoms with Crippen LogP contribution in [-0.2, 0) is 21.6 Å². The zero-order valence-corrected chi connectivity index (χ0v) is 25.0. The first-order chi connectivity index (χ1) is 18.7. The monoisotopic (exact) mass is 569 g/mol. The number of rotatable bonds is 5. The van der Waals surface area contributed by atoms with E-state index in [0.717, 1.165) is 23.9 Å². The van der Waals surface area contributed by atoms with Gasteiger partial charge in [0.1, 0.15) is 17.3 Å². The fourth-order valence-electron chi connectivity index (χ4n) is 5.92. The van der Waals surface area contributed by atoms with Gasteiger partial charge in [-0.25, -0.2) is 14.0 Å². The van der Waals surface area contributed by atoms with Gasteiger partial charge in [0.15, 0.2) is 11.4 Å². The highest BCUT2D eigenvalue weighted by atomic mass is 28.3. The van der Waals surface area contributed by atoms with Crippen molar-refractivity contribution in [3.05, 3.63) is 41.0 Å². The summed E-state index contributed by atoms with van der Waals surface area (Å²) in [4.78, 5) is 41.8. The van der Waals surface area contributed by atoms with Gasteiger partial charge < -0.3 is 24.7 Å². The van der Waals surface area contributed by atoms with Crippen LogP contribution in [0.1, 0.15) is 57.1 Å². The van der Waals surface area contributed by atoms with E-state index in [1.54, 1.807) is 39.8 Å². The summed E-state index contributed by atoms with van der Waals surface area (Å²) in [6.45, 7) is 13.7. The number of carbonyl (C=O) groups excluding carboxylic acids is 3. The second-order valence-corrected chi connectivity index (χ2v) is 17.7. The van der Waals surface area contributed by atoms with Crippen LogP contribution in [-0.4, -0.2) is 47.4 Å². The van der Waals surface area contributed by atoms with Crippen molar-refractivity contribution in [2.24, 2.45) is 0 Å². The first-order valence-corrected chi connectivity index (χ1v) is 17.1. The van der Waals surface area contributed by atoms with Crippen LogP contribution in [0.5, 0.6) is 0 Å². The number of nitrogens with one attached hydrogen (secondary N) is 2. The lowest BCUT2D eigenvalue weighted by Crippen LogP contribution is -2.52. The van der Waals surface area contributed by atoms with E-state index < -0.39 is 36.6 Å². The molecule has 0 spiro atoms. The lowest BCUT2D eigenvalue weighted by atomic mass is 9.83. The van der Waals surface area contributed by atoms with Gasteiger partial charge in [0.05, 0.1) is 32.5 Å². The van der Waals surface area contributed by atoms with E-state index >= 15 is 0 Å². The fraction of sp³-hybridized carbons (Fsp3) is 0.500. The first kappa shape index (κ1) is 27.9. The van der Waals surface area contributed by atoms with Gasteiger partial charge in [-0.15, -0.1) is 4.68 Å². The van der Waals surface area contributed by atoms with E-state index in [9.17, 15) is 18.8 Å². The van der Waals surface area contributed by atoms with Crippen molar-refractivity contribution in [2.45, 2.75) is 83.7 Å². The molecule has 5 rings (SSSR count). The Balaban J connectivity index is 1.50. The summed E-state index contributed by atoms with van der Waals surface area (Å²) in [5, 5.41) is 10.5. The van der Waals surface area contributed by atoms with Gasteiger partial charge in [-0.1, -0.05) is 26.1 Å². The lowest BCUT2D eigenvalue weighted by molar-refractivity contribution is -0.121. The average Bonchev–Trinajstić information content (AvgIpc) is 3.45. The van der Waals surface area contributed by atoms with Gasteiger partial charge in [0.25, 0.3) is 0 Å². The molecule has 0 saturated heterocycles. The molecule has 1 fully saturated rings. The highest BCUT2D eigenvalue weighted by molar-refractivity contribution is 6.83. The van der Waals surface area contributed by atoms with Crippen LogP contribution in [0.15, 0.2) is 22.6 Å². The molecule has 3 aromatic rings. The summed E-state index contributed by atoms with van der Waals surface area (Å²) in [6, 6.07) is 4.07. The summed E-state index contributed by atoms with van der Waals surface area (Å²) >= 11 is 0. The molecule has 0 atom stereocenters. The summed E-state index contributed by atoms with van der Waals surface area (Å²) < 4.78 is 26.8. The third kappa shape index (κ3) is 4.20. The number of furan rings is 1. The van der Waals surface area contributed by atoms with Crippen molar-refractivity contribution < 1.29 is 27.9 Å². The maximum Gasteiger partial charge on any atom is 0.436 e. The number of ether oxygens (including phenoxy) is 1. The number of aryl methyl sites for hydroxylation is 1. The first-order valence-electron chi connectivity index (χ1n) is 13.6. The number of halogens is 1. The number of hydrogen-bond donors (Lipinski definition) is 2. The number of benzene rings is 1. The molecule has 3 heterocycles. The largest absolute Gasteiger partial charge is 0.459 e. The number of nitrogens with zero attached hydrogens (tertiary/aromatic N) is 3. The number of fused-ring (bicyclic) bond motifs is 2. The van der Waals surface area contributed by atoms with Crippen molar-refractivity contribution >= 4 is 48.6 Å². The van der Waals surface area contributed by atoms with Crippen LogP contribution in [0.25, 0.3) is 11.0 Å². The predicted molar refractivity (Wildman–Crippen MR) is 152 cm³/mol. The summed E-state index contributed by atoms with van der Waals surface area (Å²) in [7, 11) is -1.91. The predicted octanol–water partition coefficient (Wildman–Crippen LogP) is 6.57. The summed E-state index contributed by atoms with van der Waals surface area (Å²) in [6.07, 6.45) is 1.87. The number of hydrogen-bond acceptors (Lipinski definition) is 6. The smallest absolute Gasteiger partial charge is 0.436 e. The minimum absolute atomic E-state index is 0.0396. The van der Waals surface area contributed by atoms with Crippen LogP contribution in [0.2, 0.25) is 24.7 Å². The lowest BCUT2D eigenvalue weighted by Gasteiger charge is -2.48. The van der Waals surface area contributed by atoms with Crippen molar-refractivity contribution in [3.8, 4) is 0 Å². The van der Waals surface area contributed by atoms with E-state index in [2.05, 4.69) is 35.4 Å². The van der Waals surface area contributed by atoms with Crippen LogP contribution in [0.4, 0.5) is 25.5 Å². The normalized spacial score (nSPS) is 17.4. The number of anilines is 2. The molecule has 3 amide bonds. The summed E-state index contributed by atoms with van der Waals surface area (Å²) in [5.74, 6) is 0.0475. The third-order valence-corrected chi connectivity index (χ3v) is 12.1. The summed E-state index contributed by atoms with van der Waals surface area (Å²) in [5.41, 5.74) is 0.196. The van der Waals surface area contributed by atoms with Gasteiger partial charge >= 0.3 is 12.1 Å². The minimum atomic E-state index is -1.91. The van der Waals surface area contributed by atoms with Crippen LogP contribution >= 0.6 is 0 Å². The Morgan fingerprint density at radius 2 is 1.88 bits per heavy atom.